The summed E-state index contributed by atoms with van der Waals surface area (Å²) in [6.45, 7) is 2.36. The van der Waals surface area contributed by atoms with E-state index in [0.29, 0.717) is 31.4 Å². The van der Waals surface area contributed by atoms with Crippen molar-refractivity contribution in [2.75, 3.05) is 13.7 Å². The van der Waals surface area contributed by atoms with E-state index in [9.17, 15) is 14.0 Å². The number of rotatable bonds is 8. The van der Waals surface area contributed by atoms with Crippen LogP contribution < -0.4 is 5.32 Å². The number of ether oxygens (including phenoxy) is 1. The number of halogens is 1. The minimum Gasteiger partial charge on any atom is -0.468 e. The second kappa shape index (κ2) is 8.91. The normalized spacial score (nSPS) is 10.5. The molecule has 0 aliphatic rings. The minimum atomic E-state index is -0.426. The molecule has 0 spiro atoms. The molecule has 1 amide bonds. The molecule has 1 aromatic heterocycles. The number of hydrogen-bond donors (Lipinski definition) is 1. The molecule has 0 unspecified atom stereocenters. The Kier molecular flexibility index (Phi) is 6.62. The van der Waals surface area contributed by atoms with Crippen LogP contribution in [0.5, 0.6) is 0 Å². The first kappa shape index (κ1) is 18.6. The van der Waals surface area contributed by atoms with E-state index < -0.39 is 11.8 Å². The van der Waals surface area contributed by atoms with Crippen LogP contribution in [0, 0.1) is 5.82 Å². The lowest BCUT2D eigenvalue weighted by Gasteiger charge is -2.09. The predicted octanol–water partition coefficient (Wildman–Crippen LogP) is 1.52. The molecule has 0 saturated carbocycles. The van der Waals surface area contributed by atoms with Crippen LogP contribution in [0.15, 0.2) is 24.4 Å². The Bertz CT molecular complexity index is 745. The lowest BCUT2D eigenvalue weighted by molar-refractivity contribution is -0.141. The van der Waals surface area contributed by atoms with Crippen LogP contribution in [0.25, 0.3) is 0 Å². The van der Waals surface area contributed by atoms with E-state index in [2.05, 4.69) is 20.4 Å². The lowest BCUT2D eigenvalue weighted by atomic mass is 10.0. The summed E-state index contributed by atoms with van der Waals surface area (Å²) in [6.07, 6.45) is 3.58. The van der Waals surface area contributed by atoms with Gasteiger partial charge in [-0.15, -0.1) is 5.10 Å². The molecule has 1 aromatic carbocycles. The average Bonchev–Trinajstić information content (AvgIpc) is 3.05. The van der Waals surface area contributed by atoms with Crippen LogP contribution >= 0.6 is 0 Å². The molecule has 0 aliphatic heterocycles. The van der Waals surface area contributed by atoms with Crippen molar-refractivity contribution in [3.05, 3.63) is 47.0 Å². The Morgan fingerprint density at radius 1 is 1.36 bits per heavy atom. The van der Waals surface area contributed by atoms with Gasteiger partial charge >= 0.3 is 5.97 Å². The molecule has 134 valence electrons. The summed E-state index contributed by atoms with van der Waals surface area (Å²) in [7, 11) is 1.31. The maximum absolute atomic E-state index is 13.3. The topological polar surface area (TPSA) is 86.1 Å². The predicted molar refractivity (Wildman–Crippen MR) is 88.5 cm³/mol. The van der Waals surface area contributed by atoms with Gasteiger partial charge in [-0.05, 0) is 37.0 Å². The first-order valence-corrected chi connectivity index (χ1v) is 8.06. The Morgan fingerprint density at radius 2 is 2.16 bits per heavy atom. The number of amides is 1. The van der Waals surface area contributed by atoms with Gasteiger partial charge in [0.1, 0.15) is 12.4 Å². The Hall–Kier alpha value is -2.77. The highest BCUT2D eigenvalue weighted by Crippen LogP contribution is 2.12. The summed E-state index contributed by atoms with van der Waals surface area (Å²) in [5, 5.41) is 10.6. The zero-order valence-electron chi connectivity index (χ0n) is 14.3. The van der Waals surface area contributed by atoms with Gasteiger partial charge in [0, 0.05) is 18.3 Å². The highest BCUT2D eigenvalue weighted by molar-refractivity contribution is 5.95. The molecule has 0 radical (unpaired) electrons. The SMILES string of the molecule is CCc1ccc(F)cc1C(=O)NCCCc1cn(CC(=O)OC)nn1. The second-order valence-electron chi connectivity index (χ2n) is 5.50. The molecule has 0 atom stereocenters. The van der Waals surface area contributed by atoms with Crippen LogP contribution in [0.4, 0.5) is 4.39 Å². The highest BCUT2D eigenvalue weighted by atomic mass is 19.1. The van der Waals surface area contributed by atoms with Gasteiger partial charge in [0.05, 0.1) is 12.8 Å². The number of carbonyl (C=O) groups is 2. The maximum atomic E-state index is 13.3. The number of aryl methyl sites for hydroxylation is 2. The summed E-state index contributed by atoms with van der Waals surface area (Å²) in [4.78, 5) is 23.3. The third-order valence-corrected chi connectivity index (χ3v) is 3.70. The summed E-state index contributed by atoms with van der Waals surface area (Å²) < 4.78 is 19.3. The summed E-state index contributed by atoms with van der Waals surface area (Å²) in [5.74, 6) is -1.11. The van der Waals surface area contributed by atoms with Crippen molar-refractivity contribution in [1.82, 2.24) is 20.3 Å². The van der Waals surface area contributed by atoms with Gasteiger partial charge in [-0.2, -0.15) is 0 Å². The van der Waals surface area contributed by atoms with Gasteiger partial charge in [-0.25, -0.2) is 9.07 Å². The molecule has 0 bridgehead atoms. The first-order valence-electron chi connectivity index (χ1n) is 8.06. The van der Waals surface area contributed by atoms with Crippen LogP contribution in [-0.2, 0) is 28.9 Å². The van der Waals surface area contributed by atoms with Crippen LogP contribution in [0.2, 0.25) is 0 Å². The van der Waals surface area contributed by atoms with E-state index in [1.165, 1.54) is 23.9 Å². The summed E-state index contributed by atoms with van der Waals surface area (Å²) in [5.41, 5.74) is 1.90. The van der Waals surface area contributed by atoms with Crippen molar-refractivity contribution in [1.29, 1.82) is 0 Å². The molecule has 0 aliphatic carbocycles. The first-order chi connectivity index (χ1) is 12.0. The number of nitrogens with one attached hydrogen (secondary N) is 1. The van der Waals surface area contributed by atoms with Gasteiger partial charge < -0.3 is 10.1 Å². The molecule has 1 heterocycles. The van der Waals surface area contributed by atoms with Crippen molar-refractivity contribution < 1.29 is 18.7 Å². The maximum Gasteiger partial charge on any atom is 0.327 e. The molecular formula is C17H21FN4O3. The van der Waals surface area contributed by atoms with Crippen molar-refractivity contribution >= 4 is 11.9 Å². The molecule has 0 saturated heterocycles. The highest BCUT2D eigenvalue weighted by Gasteiger charge is 2.11. The molecule has 8 heteroatoms. The quantitative estimate of drug-likeness (QED) is 0.577. The molecule has 2 rings (SSSR count). The number of methoxy groups -OCH3 is 1. The number of aromatic nitrogens is 3. The number of carbonyl (C=O) groups excluding carboxylic acids is 2. The molecule has 25 heavy (non-hydrogen) atoms. The van der Waals surface area contributed by atoms with Crippen LogP contribution in [0.1, 0.15) is 35.0 Å². The fraction of sp³-hybridized carbons (Fsp3) is 0.412. The number of benzene rings is 1. The smallest absolute Gasteiger partial charge is 0.327 e. The van der Waals surface area contributed by atoms with E-state index >= 15 is 0 Å². The summed E-state index contributed by atoms with van der Waals surface area (Å²) in [6, 6.07) is 4.24. The second-order valence-corrected chi connectivity index (χ2v) is 5.50. The molecule has 7 nitrogen and oxygen atoms in total. The Morgan fingerprint density at radius 3 is 2.88 bits per heavy atom. The third kappa shape index (κ3) is 5.37. The zero-order chi connectivity index (χ0) is 18.2. The third-order valence-electron chi connectivity index (χ3n) is 3.70. The van der Waals surface area contributed by atoms with E-state index in [-0.39, 0.29) is 12.5 Å². The van der Waals surface area contributed by atoms with Crippen molar-refractivity contribution in [2.45, 2.75) is 32.7 Å². The van der Waals surface area contributed by atoms with Crippen LogP contribution in [-0.4, -0.2) is 40.5 Å². The molecule has 2 aromatic rings. The number of hydrogen-bond acceptors (Lipinski definition) is 5. The zero-order valence-corrected chi connectivity index (χ0v) is 14.3. The monoisotopic (exact) mass is 348 g/mol. The van der Waals surface area contributed by atoms with E-state index in [1.54, 1.807) is 12.3 Å². The van der Waals surface area contributed by atoms with E-state index in [4.69, 9.17) is 0 Å². The van der Waals surface area contributed by atoms with E-state index in [0.717, 1.165) is 11.3 Å². The standard InChI is InChI=1S/C17H21FN4O3/c1-3-12-6-7-13(18)9-15(12)17(24)19-8-4-5-14-10-22(21-20-14)11-16(23)25-2/h6-7,9-10H,3-5,8,11H2,1-2H3,(H,19,24). The number of esters is 1. The molecule has 1 N–H and O–H groups in total. The fourth-order valence-electron chi connectivity index (χ4n) is 2.36. The van der Waals surface area contributed by atoms with Gasteiger partial charge in [-0.3, -0.25) is 9.59 Å². The van der Waals surface area contributed by atoms with E-state index in [1.807, 2.05) is 6.92 Å². The fourth-order valence-corrected chi connectivity index (χ4v) is 2.36. The van der Waals surface area contributed by atoms with Gasteiger partial charge in [-0.1, -0.05) is 18.2 Å². The van der Waals surface area contributed by atoms with Crippen LogP contribution in [0.3, 0.4) is 0 Å². The average molecular weight is 348 g/mol. The number of nitrogens with zero attached hydrogens (tertiary/aromatic N) is 3. The lowest BCUT2D eigenvalue weighted by Crippen LogP contribution is -2.26. The van der Waals surface area contributed by atoms with Gasteiger partial charge in [0.25, 0.3) is 5.91 Å². The molecule has 0 fully saturated rings. The van der Waals surface area contributed by atoms with Gasteiger partial charge in [0.15, 0.2) is 0 Å². The molecular weight excluding hydrogens is 327 g/mol. The van der Waals surface area contributed by atoms with Gasteiger partial charge in [0.2, 0.25) is 0 Å². The van der Waals surface area contributed by atoms with Crippen molar-refractivity contribution in [3.8, 4) is 0 Å². The van der Waals surface area contributed by atoms with Crippen molar-refractivity contribution in [2.24, 2.45) is 0 Å². The minimum absolute atomic E-state index is 0.0135. The summed E-state index contributed by atoms with van der Waals surface area (Å²) >= 11 is 0. The largest absolute Gasteiger partial charge is 0.468 e. The Balaban J connectivity index is 1.80. The Labute approximate surface area is 145 Å². The van der Waals surface area contributed by atoms with Crippen molar-refractivity contribution in [3.63, 3.8) is 0 Å².